The first kappa shape index (κ1) is 24.3. The van der Waals surface area contributed by atoms with Crippen LogP contribution in [-0.2, 0) is 20.2 Å². The summed E-state index contributed by atoms with van der Waals surface area (Å²) >= 11 is 0. The summed E-state index contributed by atoms with van der Waals surface area (Å²) in [5.74, 6) is -2.72. The lowest BCUT2D eigenvalue weighted by atomic mass is 9.89. The maximum atomic E-state index is 11.9. The lowest BCUT2D eigenvalue weighted by Crippen LogP contribution is -2.53. The predicted molar refractivity (Wildman–Crippen MR) is 88.9 cm³/mol. The number of carbonyl (C=O) groups excluding carboxylic acids is 2. The van der Waals surface area contributed by atoms with Crippen molar-refractivity contribution in [2.24, 2.45) is 0 Å². The molecule has 1 aliphatic rings. The van der Waals surface area contributed by atoms with Crippen molar-refractivity contribution < 1.29 is 47.0 Å². The van der Waals surface area contributed by atoms with Crippen LogP contribution in [-0.4, -0.2) is 61.1 Å². The third-order valence-electron chi connectivity index (χ3n) is 2.87. The molecule has 1 aromatic rings. The Hall–Kier alpha value is -1.70. The summed E-state index contributed by atoms with van der Waals surface area (Å²) in [6.45, 7) is 6.03. The lowest BCUT2D eigenvalue weighted by Gasteiger charge is -2.33. The Morgan fingerprint density at radius 3 is 1.23 bits per heavy atom. The van der Waals surface area contributed by atoms with Gasteiger partial charge in [-0.15, -0.1) is 0 Å². The molecule has 26 heavy (non-hydrogen) atoms. The quantitative estimate of drug-likeness (QED) is 0.493. The highest BCUT2D eigenvalue weighted by molar-refractivity contribution is 7.91. The van der Waals surface area contributed by atoms with E-state index in [1.165, 1.54) is 12.1 Å². The highest BCUT2D eigenvalue weighted by atomic mass is 32.2. The third kappa shape index (κ3) is 5.93. The van der Waals surface area contributed by atoms with E-state index in [4.69, 9.17) is 0 Å². The molecule has 12 heteroatoms. The fourth-order valence-electron chi connectivity index (χ4n) is 2.06. The first-order valence-electron chi connectivity index (χ1n) is 7.53. The zero-order valence-corrected chi connectivity index (χ0v) is 16.0. The second kappa shape index (κ2) is 9.85. The molecule has 10 nitrogen and oxygen atoms in total. The Balaban J connectivity index is 0.000000918. The molecule has 0 saturated carbocycles. The van der Waals surface area contributed by atoms with Crippen LogP contribution in [0.1, 0.15) is 34.6 Å². The van der Waals surface area contributed by atoms with Crippen LogP contribution in [0.2, 0.25) is 0 Å². The second-order valence-corrected chi connectivity index (χ2v) is 8.09. The number of Topliss-reactive ketones (excluding diaryl/α,β-unsaturated/α-hetero) is 2. The van der Waals surface area contributed by atoms with Gasteiger partial charge in [0.05, 0.1) is 13.1 Å². The van der Waals surface area contributed by atoms with Gasteiger partial charge >= 0.3 is 0 Å². The first-order valence-corrected chi connectivity index (χ1v) is 10.5. The monoisotopic (exact) mass is 410 g/mol. The number of ketones is 2. The van der Waals surface area contributed by atoms with E-state index in [9.17, 15) is 35.5 Å². The average Bonchev–Trinajstić information content (AvgIpc) is 2.50. The molecule has 2 atom stereocenters. The number of benzene rings is 1. The van der Waals surface area contributed by atoms with Crippen molar-refractivity contribution in [3.8, 4) is 0 Å². The molecule has 148 valence electrons. The largest absolute Gasteiger partial charge is 0.747 e. The van der Waals surface area contributed by atoms with E-state index in [-0.39, 0.29) is 11.1 Å². The molecule has 0 aliphatic heterocycles. The van der Waals surface area contributed by atoms with E-state index >= 15 is 0 Å². The van der Waals surface area contributed by atoms with E-state index in [1.54, 1.807) is 0 Å². The zero-order valence-electron chi connectivity index (χ0n) is 14.4. The van der Waals surface area contributed by atoms with Crippen molar-refractivity contribution in [1.29, 1.82) is 0 Å². The summed E-state index contributed by atoms with van der Waals surface area (Å²) in [7, 11) is -11.0. The Morgan fingerprint density at radius 1 is 0.808 bits per heavy atom. The van der Waals surface area contributed by atoms with Gasteiger partial charge in [-0.25, -0.2) is 16.8 Å². The molecule has 0 amide bonds. The Bertz CT molecular complexity index is 778. The SMILES string of the molecule is CC[NH3+].CC[NH3+].O=C1c2ccccc2C(=O)C(S(=O)(=O)[O-])C1S(=O)(=O)[O-]. The number of quaternary nitrogens is 2. The summed E-state index contributed by atoms with van der Waals surface area (Å²) in [4.78, 5) is 23.9. The van der Waals surface area contributed by atoms with Gasteiger partial charge in [-0.2, -0.15) is 0 Å². The van der Waals surface area contributed by atoms with Crippen LogP contribution in [0, 0.1) is 0 Å². The van der Waals surface area contributed by atoms with Crippen LogP contribution in [0.5, 0.6) is 0 Å². The normalized spacial score (nSPS) is 19.5. The van der Waals surface area contributed by atoms with Gasteiger partial charge in [-0.1, -0.05) is 24.3 Å². The Morgan fingerprint density at radius 2 is 1.04 bits per heavy atom. The van der Waals surface area contributed by atoms with Crippen molar-refractivity contribution in [1.82, 2.24) is 0 Å². The van der Waals surface area contributed by atoms with Crippen molar-refractivity contribution in [2.45, 2.75) is 24.3 Å². The molecule has 1 aliphatic carbocycles. The predicted octanol–water partition coefficient (Wildman–Crippen LogP) is -2.61. The van der Waals surface area contributed by atoms with Crippen molar-refractivity contribution in [2.75, 3.05) is 13.1 Å². The van der Waals surface area contributed by atoms with Gasteiger partial charge in [0.1, 0.15) is 30.7 Å². The van der Waals surface area contributed by atoms with E-state index in [1.807, 2.05) is 13.8 Å². The smallest absolute Gasteiger partial charge is 0.182 e. The fraction of sp³-hybridized carbons (Fsp3) is 0.429. The summed E-state index contributed by atoms with van der Waals surface area (Å²) in [6.07, 6.45) is 0. The van der Waals surface area contributed by atoms with Gasteiger partial charge in [-0.3, -0.25) is 9.59 Å². The molecular formula is C14H22N2O8S2. The van der Waals surface area contributed by atoms with Crippen molar-refractivity contribution in [3.63, 3.8) is 0 Å². The molecule has 0 spiro atoms. The van der Waals surface area contributed by atoms with Crippen LogP contribution < -0.4 is 11.5 Å². The van der Waals surface area contributed by atoms with Gasteiger partial charge in [-0.05, 0) is 13.8 Å². The summed E-state index contributed by atoms with van der Waals surface area (Å²) in [5.41, 5.74) is 6.20. The molecule has 0 aromatic heterocycles. The molecule has 0 saturated heterocycles. The molecule has 6 N–H and O–H groups in total. The lowest BCUT2D eigenvalue weighted by molar-refractivity contribution is -0.362. The number of fused-ring (bicyclic) bond motifs is 1. The van der Waals surface area contributed by atoms with Crippen LogP contribution in [0.25, 0.3) is 0 Å². The van der Waals surface area contributed by atoms with E-state index < -0.39 is 42.3 Å². The highest BCUT2D eigenvalue weighted by Gasteiger charge is 2.48. The Kier molecular flexibility index (Phi) is 9.20. The van der Waals surface area contributed by atoms with Gasteiger partial charge in [0.2, 0.25) is 0 Å². The van der Waals surface area contributed by atoms with Crippen LogP contribution in [0.15, 0.2) is 24.3 Å². The first-order chi connectivity index (χ1) is 11.9. The van der Waals surface area contributed by atoms with E-state index in [0.717, 1.165) is 25.2 Å². The maximum Gasteiger partial charge on any atom is 0.182 e. The molecule has 0 bridgehead atoms. The zero-order chi connectivity index (χ0) is 20.7. The number of carbonyl (C=O) groups is 2. The van der Waals surface area contributed by atoms with Gasteiger partial charge in [0, 0.05) is 11.1 Å². The van der Waals surface area contributed by atoms with Crippen molar-refractivity contribution >= 4 is 31.8 Å². The number of hydrogen-bond donors (Lipinski definition) is 2. The summed E-state index contributed by atoms with van der Waals surface area (Å²) in [6, 6.07) is 4.79. The minimum absolute atomic E-state index is 0.387. The van der Waals surface area contributed by atoms with Crippen molar-refractivity contribution in [3.05, 3.63) is 35.4 Å². The van der Waals surface area contributed by atoms with Gasteiger partial charge in [0.25, 0.3) is 0 Å². The number of rotatable bonds is 2. The molecule has 0 heterocycles. The fourth-order valence-corrected chi connectivity index (χ4v) is 4.51. The van der Waals surface area contributed by atoms with E-state index in [2.05, 4.69) is 11.5 Å². The molecule has 2 rings (SSSR count). The second-order valence-electron chi connectivity index (χ2n) is 5.10. The molecule has 0 radical (unpaired) electrons. The van der Waals surface area contributed by atoms with Crippen LogP contribution in [0.4, 0.5) is 0 Å². The molecule has 2 unspecified atom stereocenters. The maximum absolute atomic E-state index is 11.9. The highest BCUT2D eigenvalue weighted by Crippen LogP contribution is 2.29. The average molecular weight is 410 g/mol. The van der Waals surface area contributed by atoms with Gasteiger partial charge in [0.15, 0.2) is 11.6 Å². The summed E-state index contributed by atoms with van der Waals surface area (Å²) < 4.78 is 66.5. The number of hydrogen-bond acceptors (Lipinski definition) is 8. The van der Waals surface area contributed by atoms with E-state index in [0.29, 0.717) is 0 Å². The minimum Gasteiger partial charge on any atom is -0.747 e. The van der Waals surface area contributed by atoms with Crippen LogP contribution >= 0.6 is 0 Å². The molecule has 0 fully saturated rings. The minimum atomic E-state index is -5.48. The molecule has 1 aromatic carbocycles. The van der Waals surface area contributed by atoms with Gasteiger partial charge < -0.3 is 20.6 Å². The standard InChI is InChI=1S/C10H8O8S2.2C2H7N/c11-7-5-3-1-2-4-6(5)8(12)10(20(16,17)18)9(7)19(13,14)15;2*1-2-3/h1-4,9-10H,(H,13,14,15)(H,16,17,18);2*2-3H2,1H3. The summed E-state index contributed by atoms with van der Waals surface area (Å²) in [5, 5.41) is -5.49. The third-order valence-corrected chi connectivity index (χ3v) is 5.26. The van der Waals surface area contributed by atoms with Crippen LogP contribution in [0.3, 0.4) is 0 Å². The Labute approximate surface area is 152 Å². The molecular weight excluding hydrogens is 388 g/mol. The topological polar surface area (TPSA) is 204 Å².